The van der Waals surface area contributed by atoms with E-state index in [1.807, 2.05) is 12.1 Å². The first-order valence-electron chi connectivity index (χ1n) is 7.08. The molecular weight excluding hydrogens is 334 g/mol. The summed E-state index contributed by atoms with van der Waals surface area (Å²) in [7, 11) is 2.14. The molecule has 1 aromatic rings. The fraction of sp³-hybridized carbons (Fsp3) is 0.533. The number of nitrogens with zero attached hydrogens (tertiary/aromatic N) is 2. The van der Waals surface area contributed by atoms with Gasteiger partial charge in [-0.2, -0.15) is 0 Å². The first-order chi connectivity index (χ1) is 9.79. The molecule has 1 saturated heterocycles. The molecule has 5 nitrogen and oxygen atoms in total. The molecule has 1 unspecified atom stereocenters. The lowest BCUT2D eigenvalue weighted by molar-refractivity contribution is -0.123. The second kappa shape index (κ2) is 4.97. The highest BCUT2D eigenvalue weighted by atomic mass is 79.9. The molecule has 2 N–H and O–H groups in total. The minimum absolute atomic E-state index is 0.0967. The molecule has 1 amide bonds. The number of hydrogen-bond donors (Lipinski definition) is 2. The molecule has 6 heteroatoms. The third-order valence-electron chi connectivity index (χ3n) is 4.58. The summed E-state index contributed by atoms with van der Waals surface area (Å²) in [6.07, 6.45) is -1.06. The van der Waals surface area contributed by atoms with Crippen LogP contribution in [0.4, 0.5) is 11.4 Å². The molecule has 1 atom stereocenters. The lowest BCUT2D eigenvalue weighted by Gasteiger charge is -2.46. The molecular formula is C15H20BrN3O2. The summed E-state index contributed by atoms with van der Waals surface area (Å²) < 4.78 is 0.914. The minimum atomic E-state index is -1.06. The molecule has 0 saturated carbocycles. The second-order valence-corrected chi connectivity index (χ2v) is 7.29. The highest BCUT2D eigenvalue weighted by molar-refractivity contribution is 9.10. The molecule has 0 aliphatic carbocycles. The van der Waals surface area contributed by atoms with Gasteiger partial charge in [0.1, 0.15) is 0 Å². The molecule has 2 aliphatic rings. The van der Waals surface area contributed by atoms with Crippen molar-refractivity contribution >= 4 is 33.2 Å². The van der Waals surface area contributed by atoms with Gasteiger partial charge >= 0.3 is 0 Å². The van der Waals surface area contributed by atoms with Crippen molar-refractivity contribution in [3.8, 4) is 0 Å². The van der Waals surface area contributed by atoms with Gasteiger partial charge in [-0.3, -0.25) is 9.69 Å². The Hall–Kier alpha value is -1.11. The number of piperazine rings is 1. The number of aliphatic hydroxyl groups excluding tert-OH is 1. The van der Waals surface area contributed by atoms with E-state index in [-0.39, 0.29) is 11.4 Å². The Kier molecular flexibility index (Phi) is 3.50. The van der Waals surface area contributed by atoms with Gasteiger partial charge in [0.2, 0.25) is 0 Å². The van der Waals surface area contributed by atoms with Crippen molar-refractivity contribution < 1.29 is 9.90 Å². The van der Waals surface area contributed by atoms with Crippen LogP contribution in [0.5, 0.6) is 0 Å². The fourth-order valence-electron chi connectivity index (χ4n) is 2.94. The first-order valence-corrected chi connectivity index (χ1v) is 7.87. The number of hydrogen-bond acceptors (Lipinski definition) is 4. The van der Waals surface area contributed by atoms with Gasteiger partial charge < -0.3 is 15.3 Å². The molecule has 2 heterocycles. The smallest absolute Gasteiger partial charge is 0.257 e. The van der Waals surface area contributed by atoms with Crippen molar-refractivity contribution in [3.05, 3.63) is 22.2 Å². The van der Waals surface area contributed by atoms with Crippen LogP contribution < -0.4 is 10.2 Å². The van der Waals surface area contributed by atoms with Gasteiger partial charge in [0.15, 0.2) is 6.10 Å². The van der Waals surface area contributed by atoms with Crippen LogP contribution in [0.2, 0.25) is 0 Å². The summed E-state index contributed by atoms with van der Waals surface area (Å²) in [5.41, 5.74) is 2.51. The number of aliphatic hydroxyl groups is 1. The summed E-state index contributed by atoms with van der Waals surface area (Å²) in [6.45, 7) is 7.30. The normalized spacial score (nSPS) is 24.9. The molecule has 1 fully saturated rings. The van der Waals surface area contributed by atoms with Crippen LogP contribution in [0.15, 0.2) is 16.6 Å². The summed E-state index contributed by atoms with van der Waals surface area (Å²) in [4.78, 5) is 16.3. The summed E-state index contributed by atoms with van der Waals surface area (Å²) >= 11 is 3.58. The first kappa shape index (κ1) is 14.8. The molecule has 0 spiro atoms. The maximum atomic E-state index is 11.6. The Labute approximate surface area is 133 Å². The maximum Gasteiger partial charge on any atom is 0.257 e. The molecule has 114 valence electrons. The molecule has 2 aliphatic heterocycles. The van der Waals surface area contributed by atoms with Crippen LogP contribution in [0.25, 0.3) is 0 Å². The zero-order valence-corrected chi connectivity index (χ0v) is 14.1. The average molecular weight is 354 g/mol. The van der Waals surface area contributed by atoms with Gasteiger partial charge in [-0.15, -0.1) is 0 Å². The van der Waals surface area contributed by atoms with Crippen molar-refractivity contribution in [2.24, 2.45) is 0 Å². The quantitative estimate of drug-likeness (QED) is 0.810. The highest BCUT2D eigenvalue weighted by Crippen LogP contribution is 2.40. The van der Waals surface area contributed by atoms with Crippen molar-refractivity contribution in [2.75, 3.05) is 36.9 Å². The molecule has 0 radical (unpaired) electrons. The van der Waals surface area contributed by atoms with E-state index in [9.17, 15) is 9.90 Å². The molecule has 0 bridgehead atoms. The average Bonchev–Trinajstić information content (AvgIpc) is 2.68. The lowest BCUT2D eigenvalue weighted by atomic mass is 9.99. The third kappa shape index (κ3) is 2.45. The van der Waals surface area contributed by atoms with Crippen LogP contribution in [-0.2, 0) is 4.79 Å². The van der Waals surface area contributed by atoms with E-state index >= 15 is 0 Å². The summed E-state index contributed by atoms with van der Waals surface area (Å²) in [6, 6.07) is 3.80. The van der Waals surface area contributed by atoms with Gasteiger partial charge in [0.05, 0.1) is 5.69 Å². The highest BCUT2D eigenvalue weighted by Gasteiger charge is 2.34. The number of carbonyl (C=O) groups excluding carboxylic acids is 1. The second-order valence-electron chi connectivity index (χ2n) is 6.44. The molecule has 0 aromatic heterocycles. The lowest BCUT2D eigenvalue weighted by Crippen LogP contribution is -2.57. The van der Waals surface area contributed by atoms with E-state index in [2.05, 4.69) is 51.9 Å². The largest absolute Gasteiger partial charge is 0.378 e. The van der Waals surface area contributed by atoms with E-state index in [1.54, 1.807) is 0 Å². The van der Waals surface area contributed by atoms with E-state index in [1.165, 1.54) is 0 Å². The Balaban J connectivity index is 1.94. The Morgan fingerprint density at radius 1 is 1.38 bits per heavy atom. The third-order valence-corrected chi connectivity index (χ3v) is 5.21. The van der Waals surface area contributed by atoms with E-state index in [0.29, 0.717) is 11.3 Å². The summed E-state index contributed by atoms with van der Waals surface area (Å²) in [5.74, 6) is -0.354. The maximum absolute atomic E-state index is 11.6. The number of rotatable bonds is 1. The predicted molar refractivity (Wildman–Crippen MR) is 86.7 cm³/mol. The number of halogens is 1. The van der Waals surface area contributed by atoms with Crippen molar-refractivity contribution in [1.29, 1.82) is 0 Å². The van der Waals surface area contributed by atoms with Gasteiger partial charge in [-0.1, -0.05) is 0 Å². The van der Waals surface area contributed by atoms with Gasteiger partial charge in [-0.25, -0.2) is 0 Å². The van der Waals surface area contributed by atoms with Crippen LogP contribution >= 0.6 is 15.9 Å². The number of anilines is 2. The SMILES string of the molecule is CN1CCN(c2cc3c(cc2Br)C(O)C(=O)N3)CC1(C)C. The monoisotopic (exact) mass is 353 g/mol. The van der Waals surface area contributed by atoms with Crippen molar-refractivity contribution in [2.45, 2.75) is 25.5 Å². The van der Waals surface area contributed by atoms with Gasteiger partial charge in [0, 0.05) is 40.9 Å². The zero-order chi connectivity index (χ0) is 15.4. The molecule has 21 heavy (non-hydrogen) atoms. The number of likely N-dealkylation sites (N-methyl/N-ethyl adjacent to an activating group) is 1. The van der Waals surface area contributed by atoms with Gasteiger partial charge in [0.25, 0.3) is 5.91 Å². The zero-order valence-electron chi connectivity index (χ0n) is 12.5. The molecule has 3 rings (SSSR count). The summed E-state index contributed by atoms with van der Waals surface area (Å²) in [5, 5.41) is 12.6. The van der Waals surface area contributed by atoms with Gasteiger partial charge in [-0.05, 0) is 49.0 Å². The molecule has 1 aromatic carbocycles. The van der Waals surface area contributed by atoms with E-state index in [4.69, 9.17) is 0 Å². The van der Waals surface area contributed by atoms with E-state index in [0.717, 1.165) is 29.8 Å². The number of carbonyl (C=O) groups is 1. The van der Waals surface area contributed by atoms with Crippen molar-refractivity contribution in [1.82, 2.24) is 4.90 Å². The van der Waals surface area contributed by atoms with Crippen LogP contribution in [0, 0.1) is 0 Å². The predicted octanol–water partition coefficient (Wildman–Crippen LogP) is 1.96. The fourth-order valence-corrected chi connectivity index (χ4v) is 3.55. The van der Waals surface area contributed by atoms with Crippen molar-refractivity contribution in [3.63, 3.8) is 0 Å². The van der Waals surface area contributed by atoms with Crippen LogP contribution in [0.1, 0.15) is 25.5 Å². The van der Waals surface area contributed by atoms with Crippen LogP contribution in [0.3, 0.4) is 0 Å². The number of nitrogens with one attached hydrogen (secondary N) is 1. The number of amides is 1. The topological polar surface area (TPSA) is 55.8 Å². The van der Waals surface area contributed by atoms with Crippen LogP contribution in [-0.4, -0.2) is 48.1 Å². The standard InChI is InChI=1S/C15H20BrN3O2/c1-15(2)8-19(5-4-18(15)3)12-7-11-9(6-10(12)16)13(20)14(21)17-11/h6-7,13,20H,4-5,8H2,1-3H3,(H,17,21). The van der Waals surface area contributed by atoms with E-state index < -0.39 is 6.10 Å². The Bertz CT molecular complexity index is 603. The Morgan fingerprint density at radius 3 is 2.76 bits per heavy atom. The Morgan fingerprint density at radius 2 is 2.10 bits per heavy atom. The number of benzene rings is 1. The minimum Gasteiger partial charge on any atom is -0.378 e. The number of fused-ring (bicyclic) bond motifs is 1.